The van der Waals surface area contributed by atoms with E-state index in [1.807, 2.05) is 13.0 Å². The molecule has 0 fully saturated rings. The highest BCUT2D eigenvalue weighted by Gasteiger charge is 2.23. The highest BCUT2D eigenvalue weighted by molar-refractivity contribution is 6.12. The van der Waals surface area contributed by atoms with Gasteiger partial charge < -0.3 is 10.6 Å². The van der Waals surface area contributed by atoms with E-state index in [0.29, 0.717) is 12.2 Å². The molecule has 28 heavy (non-hydrogen) atoms. The Morgan fingerprint density at radius 3 is 2.39 bits per heavy atom. The van der Waals surface area contributed by atoms with Crippen molar-refractivity contribution in [2.45, 2.75) is 13.5 Å². The van der Waals surface area contributed by atoms with Crippen LogP contribution in [0.15, 0.2) is 60.8 Å². The van der Waals surface area contributed by atoms with Crippen molar-refractivity contribution >= 4 is 28.9 Å². The van der Waals surface area contributed by atoms with Crippen LogP contribution >= 0.6 is 0 Å². The van der Waals surface area contributed by atoms with E-state index < -0.39 is 16.7 Å². The number of nitro groups is 1. The maximum absolute atomic E-state index is 12.6. The summed E-state index contributed by atoms with van der Waals surface area (Å²) in [6.45, 7) is 2.31. The lowest BCUT2D eigenvalue weighted by atomic mass is 10.1. The van der Waals surface area contributed by atoms with Crippen LogP contribution in [0.4, 0.5) is 17.1 Å². The van der Waals surface area contributed by atoms with Gasteiger partial charge in [-0.3, -0.25) is 24.4 Å². The lowest BCUT2D eigenvalue weighted by Crippen LogP contribution is -2.18. The molecule has 9 heteroatoms. The van der Waals surface area contributed by atoms with E-state index in [9.17, 15) is 19.7 Å². The molecule has 0 bridgehead atoms. The van der Waals surface area contributed by atoms with Gasteiger partial charge in [0, 0.05) is 24.5 Å². The molecule has 0 radical (unpaired) electrons. The van der Waals surface area contributed by atoms with E-state index in [2.05, 4.69) is 15.7 Å². The topological polar surface area (TPSA) is 119 Å². The Morgan fingerprint density at radius 2 is 1.71 bits per heavy atom. The van der Waals surface area contributed by atoms with Gasteiger partial charge in [0.2, 0.25) is 0 Å². The number of aryl methyl sites for hydroxylation is 1. The number of benzene rings is 2. The molecule has 0 saturated heterocycles. The summed E-state index contributed by atoms with van der Waals surface area (Å²) in [5.41, 5.74) is 0.329. The average molecular weight is 379 g/mol. The van der Waals surface area contributed by atoms with Gasteiger partial charge in [0.05, 0.1) is 10.6 Å². The first-order chi connectivity index (χ1) is 13.5. The fourth-order valence-corrected chi connectivity index (χ4v) is 2.57. The van der Waals surface area contributed by atoms with Crippen molar-refractivity contribution < 1.29 is 14.5 Å². The fourth-order valence-electron chi connectivity index (χ4n) is 2.57. The first kappa shape index (κ1) is 18.8. The van der Waals surface area contributed by atoms with E-state index in [0.717, 1.165) is 0 Å². The number of para-hydroxylation sites is 2. The van der Waals surface area contributed by atoms with Gasteiger partial charge in [0.1, 0.15) is 5.56 Å². The van der Waals surface area contributed by atoms with Crippen LogP contribution < -0.4 is 10.6 Å². The highest BCUT2D eigenvalue weighted by Crippen LogP contribution is 2.22. The summed E-state index contributed by atoms with van der Waals surface area (Å²) in [5, 5.41) is 20.6. The quantitative estimate of drug-likeness (QED) is 0.503. The number of carbonyl (C=O) groups excluding carboxylic acids is 2. The minimum absolute atomic E-state index is 0.0117. The molecule has 0 saturated carbocycles. The van der Waals surface area contributed by atoms with E-state index in [1.165, 1.54) is 35.1 Å². The molecular weight excluding hydrogens is 362 g/mol. The van der Waals surface area contributed by atoms with Crippen LogP contribution in [-0.4, -0.2) is 26.5 Å². The zero-order valence-electron chi connectivity index (χ0n) is 15.0. The summed E-state index contributed by atoms with van der Waals surface area (Å²) >= 11 is 0. The van der Waals surface area contributed by atoms with Gasteiger partial charge in [-0.1, -0.05) is 30.3 Å². The Hall–Kier alpha value is -4.01. The van der Waals surface area contributed by atoms with Gasteiger partial charge in [-0.15, -0.1) is 0 Å². The van der Waals surface area contributed by atoms with Crippen LogP contribution in [0.5, 0.6) is 0 Å². The number of carbonyl (C=O) groups is 2. The SMILES string of the molecule is CCn1cc(NC(=O)c2ccccc2[N+](=O)[O-])c(C(=O)Nc2ccccc2)n1. The molecule has 2 N–H and O–H groups in total. The molecule has 1 heterocycles. The van der Waals surface area contributed by atoms with E-state index in [4.69, 9.17) is 0 Å². The molecular formula is C19H17N5O4. The second-order valence-electron chi connectivity index (χ2n) is 5.80. The molecule has 0 spiro atoms. The zero-order chi connectivity index (χ0) is 20.1. The molecule has 3 rings (SSSR count). The number of amides is 2. The number of anilines is 2. The maximum atomic E-state index is 12.6. The van der Waals surface area contributed by atoms with Crippen molar-refractivity contribution in [3.8, 4) is 0 Å². The molecule has 0 aliphatic heterocycles. The number of hydrogen-bond donors (Lipinski definition) is 2. The molecule has 0 aliphatic rings. The fraction of sp³-hybridized carbons (Fsp3) is 0.105. The van der Waals surface area contributed by atoms with Gasteiger partial charge in [0.25, 0.3) is 17.5 Å². The Kier molecular flexibility index (Phi) is 5.45. The Balaban J connectivity index is 1.88. The molecule has 3 aromatic rings. The summed E-state index contributed by atoms with van der Waals surface area (Å²) in [5.74, 6) is -1.20. The zero-order valence-corrected chi connectivity index (χ0v) is 15.0. The summed E-state index contributed by atoms with van der Waals surface area (Å²) in [7, 11) is 0. The number of rotatable bonds is 6. The Morgan fingerprint density at radius 1 is 1.04 bits per heavy atom. The number of nitrogens with zero attached hydrogens (tertiary/aromatic N) is 3. The van der Waals surface area contributed by atoms with Gasteiger partial charge in [0.15, 0.2) is 5.69 Å². The van der Waals surface area contributed by atoms with Crippen molar-refractivity contribution in [3.63, 3.8) is 0 Å². The lowest BCUT2D eigenvalue weighted by molar-refractivity contribution is -0.385. The number of nitro benzene ring substituents is 1. The Labute approximate surface area is 160 Å². The number of hydrogen-bond acceptors (Lipinski definition) is 5. The summed E-state index contributed by atoms with van der Waals surface area (Å²) < 4.78 is 1.49. The molecule has 142 valence electrons. The van der Waals surface area contributed by atoms with Crippen LogP contribution in [0.3, 0.4) is 0 Å². The van der Waals surface area contributed by atoms with Crippen molar-refractivity contribution in [1.82, 2.24) is 9.78 Å². The molecule has 9 nitrogen and oxygen atoms in total. The minimum Gasteiger partial charge on any atom is -0.321 e. The first-order valence-corrected chi connectivity index (χ1v) is 8.48. The maximum Gasteiger partial charge on any atom is 0.282 e. The lowest BCUT2D eigenvalue weighted by Gasteiger charge is -2.07. The molecule has 1 aromatic heterocycles. The molecule has 0 unspecified atom stereocenters. The summed E-state index contributed by atoms with van der Waals surface area (Å²) in [4.78, 5) is 35.7. The predicted molar refractivity (Wildman–Crippen MR) is 103 cm³/mol. The summed E-state index contributed by atoms with van der Waals surface area (Å²) in [6, 6.07) is 14.4. The third kappa shape index (κ3) is 4.04. The highest BCUT2D eigenvalue weighted by atomic mass is 16.6. The van der Waals surface area contributed by atoms with Gasteiger partial charge in [-0.2, -0.15) is 5.10 Å². The normalized spacial score (nSPS) is 10.3. The van der Waals surface area contributed by atoms with Gasteiger partial charge in [-0.05, 0) is 25.1 Å². The molecule has 2 aromatic carbocycles. The van der Waals surface area contributed by atoms with Crippen molar-refractivity contribution in [3.05, 3.63) is 82.2 Å². The molecule has 0 atom stereocenters. The van der Waals surface area contributed by atoms with E-state index in [1.54, 1.807) is 24.3 Å². The number of nitrogens with one attached hydrogen (secondary N) is 2. The van der Waals surface area contributed by atoms with Crippen molar-refractivity contribution in [2.75, 3.05) is 10.6 Å². The van der Waals surface area contributed by atoms with E-state index in [-0.39, 0.29) is 22.6 Å². The van der Waals surface area contributed by atoms with Crippen LogP contribution in [-0.2, 0) is 6.54 Å². The summed E-state index contributed by atoms with van der Waals surface area (Å²) in [6.07, 6.45) is 1.51. The third-order valence-electron chi connectivity index (χ3n) is 3.93. The minimum atomic E-state index is -0.697. The van der Waals surface area contributed by atoms with Gasteiger partial charge in [-0.25, -0.2) is 0 Å². The van der Waals surface area contributed by atoms with Crippen LogP contribution in [0.1, 0.15) is 27.8 Å². The number of aromatic nitrogens is 2. The second-order valence-corrected chi connectivity index (χ2v) is 5.80. The van der Waals surface area contributed by atoms with Crippen molar-refractivity contribution in [1.29, 1.82) is 0 Å². The predicted octanol–water partition coefficient (Wildman–Crippen LogP) is 3.32. The van der Waals surface area contributed by atoms with Gasteiger partial charge >= 0.3 is 0 Å². The standard InChI is InChI=1S/C19H17N5O4/c1-2-23-12-15(17(22-23)19(26)20-13-8-4-3-5-9-13)21-18(25)14-10-6-7-11-16(14)24(27)28/h3-12H,2H2,1H3,(H,20,26)(H,21,25). The third-order valence-corrected chi connectivity index (χ3v) is 3.93. The smallest absolute Gasteiger partial charge is 0.282 e. The van der Waals surface area contributed by atoms with E-state index >= 15 is 0 Å². The average Bonchev–Trinajstić information content (AvgIpc) is 3.11. The van der Waals surface area contributed by atoms with Crippen molar-refractivity contribution in [2.24, 2.45) is 0 Å². The second kappa shape index (κ2) is 8.12. The molecule has 2 amide bonds. The van der Waals surface area contributed by atoms with Crippen LogP contribution in [0.25, 0.3) is 0 Å². The van der Waals surface area contributed by atoms with Crippen LogP contribution in [0, 0.1) is 10.1 Å². The first-order valence-electron chi connectivity index (χ1n) is 8.48. The molecule has 0 aliphatic carbocycles. The largest absolute Gasteiger partial charge is 0.321 e. The Bertz CT molecular complexity index is 1030. The monoisotopic (exact) mass is 379 g/mol. The van der Waals surface area contributed by atoms with Crippen LogP contribution in [0.2, 0.25) is 0 Å².